The van der Waals surface area contributed by atoms with Gasteiger partial charge in [-0.05, 0) is 23.3 Å². The minimum absolute atomic E-state index is 0.301. The molecule has 0 fully saturated rings. The Bertz CT molecular complexity index is 121. The number of aliphatic carboxylic acids is 1. The molecule has 0 aliphatic heterocycles. The second-order valence-corrected chi connectivity index (χ2v) is 2.72. The van der Waals surface area contributed by atoms with E-state index in [1.165, 1.54) is 0 Å². The van der Waals surface area contributed by atoms with Gasteiger partial charge in [0.2, 0.25) is 0 Å². The topological polar surface area (TPSA) is 37.3 Å². The third-order valence-corrected chi connectivity index (χ3v) is 1.61. The van der Waals surface area contributed by atoms with E-state index < -0.39 is 5.97 Å². The van der Waals surface area contributed by atoms with E-state index in [-0.39, 0.29) is 0 Å². The fourth-order valence-corrected chi connectivity index (χ4v) is 0.961. The van der Waals surface area contributed by atoms with Crippen molar-refractivity contribution in [2.45, 2.75) is 25.7 Å². The zero-order chi connectivity index (χ0) is 7.82. The van der Waals surface area contributed by atoms with Crippen LogP contribution in [0.1, 0.15) is 25.7 Å². The smallest absolute Gasteiger partial charge is 0.303 e. The molecule has 1 N–H and O–H groups in total. The summed E-state index contributed by atoms with van der Waals surface area (Å²) < 4.78 is 1.96. The van der Waals surface area contributed by atoms with Crippen molar-refractivity contribution in [2.75, 3.05) is 0 Å². The molecular formula is C7H11IO2. The van der Waals surface area contributed by atoms with Crippen LogP contribution in [0.15, 0.2) is 10.2 Å². The highest BCUT2D eigenvalue weighted by Gasteiger charge is 1.93. The van der Waals surface area contributed by atoms with Crippen LogP contribution in [0.5, 0.6) is 0 Å². The van der Waals surface area contributed by atoms with Crippen molar-refractivity contribution < 1.29 is 9.90 Å². The minimum atomic E-state index is -0.696. The summed E-state index contributed by atoms with van der Waals surface area (Å²) in [6, 6.07) is 0. The average molecular weight is 254 g/mol. The third-order valence-electron chi connectivity index (χ3n) is 1.10. The van der Waals surface area contributed by atoms with E-state index in [4.69, 9.17) is 5.11 Å². The van der Waals surface area contributed by atoms with Gasteiger partial charge in [-0.1, -0.05) is 28.7 Å². The van der Waals surface area contributed by atoms with Gasteiger partial charge in [0.1, 0.15) is 0 Å². The number of allylic oxidation sites excluding steroid dienone is 1. The van der Waals surface area contributed by atoms with Crippen LogP contribution >= 0.6 is 22.6 Å². The number of unbranched alkanes of at least 4 members (excludes halogenated alkanes) is 2. The quantitative estimate of drug-likeness (QED) is 0.604. The van der Waals surface area contributed by atoms with E-state index in [1.54, 1.807) is 0 Å². The van der Waals surface area contributed by atoms with Gasteiger partial charge in [0.05, 0.1) is 0 Å². The summed E-state index contributed by atoms with van der Waals surface area (Å²) in [7, 11) is 0. The molecule has 0 saturated heterocycles. The van der Waals surface area contributed by atoms with E-state index >= 15 is 0 Å². The van der Waals surface area contributed by atoms with E-state index in [2.05, 4.69) is 22.6 Å². The molecule has 58 valence electrons. The lowest BCUT2D eigenvalue weighted by Gasteiger charge is -1.91. The number of halogens is 1. The molecule has 0 aromatic heterocycles. The molecule has 0 amide bonds. The number of hydrogen-bond donors (Lipinski definition) is 1. The summed E-state index contributed by atoms with van der Waals surface area (Å²) >= 11 is 2.16. The number of rotatable bonds is 5. The highest BCUT2D eigenvalue weighted by molar-refractivity contribution is 14.1. The molecule has 10 heavy (non-hydrogen) atoms. The fraction of sp³-hybridized carbons (Fsp3) is 0.571. The molecule has 3 heteroatoms. The molecule has 0 aromatic rings. The summed E-state index contributed by atoms with van der Waals surface area (Å²) in [6.07, 6.45) is 5.11. The summed E-state index contributed by atoms with van der Waals surface area (Å²) in [5.74, 6) is -0.696. The lowest BCUT2D eigenvalue weighted by Crippen LogP contribution is -1.92. The van der Waals surface area contributed by atoms with Gasteiger partial charge < -0.3 is 5.11 Å². The first-order valence-corrected chi connectivity index (χ1v) is 4.49. The molecule has 0 aliphatic rings. The van der Waals surface area contributed by atoms with Crippen molar-refractivity contribution in [1.82, 2.24) is 0 Å². The molecule has 0 saturated carbocycles. The Balaban J connectivity index is 2.98. The lowest BCUT2D eigenvalue weighted by molar-refractivity contribution is -0.137. The summed E-state index contributed by atoms with van der Waals surface area (Å²) in [6.45, 7) is 0. The molecule has 0 radical (unpaired) electrons. The Labute approximate surface area is 74.5 Å². The molecule has 0 aliphatic carbocycles. The number of carboxylic acid groups (broad SMARTS) is 1. The predicted molar refractivity (Wildman–Crippen MR) is 49.3 cm³/mol. The summed E-state index contributed by atoms with van der Waals surface area (Å²) in [5.41, 5.74) is 0. The van der Waals surface area contributed by atoms with E-state index in [1.807, 2.05) is 10.2 Å². The molecule has 0 rings (SSSR count). The zero-order valence-corrected chi connectivity index (χ0v) is 7.87. The standard InChI is InChI=1S/C7H11IO2/c8-6-4-2-1-3-5-7(9)10/h4,6H,1-3,5H2,(H,9,10)/b6-4+. The fourth-order valence-electron chi connectivity index (χ4n) is 0.601. The molecule has 2 nitrogen and oxygen atoms in total. The lowest BCUT2D eigenvalue weighted by atomic mass is 10.2. The monoisotopic (exact) mass is 254 g/mol. The average Bonchev–Trinajstić information content (AvgIpc) is 1.87. The molecule has 0 unspecified atom stereocenters. The summed E-state index contributed by atoms with van der Waals surface area (Å²) in [5, 5.41) is 8.25. The minimum Gasteiger partial charge on any atom is -0.481 e. The Morgan fingerprint density at radius 2 is 2.20 bits per heavy atom. The van der Waals surface area contributed by atoms with Gasteiger partial charge in [-0.3, -0.25) is 4.79 Å². The molecule has 0 spiro atoms. The first-order valence-electron chi connectivity index (χ1n) is 3.24. The first-order chi connectivity index (χ1) is 4.77. The van der Waals surface area contributed by atoms with Gasteiger partial charge in [0, 0.05) is 6.42 Å². The van der Waals surface area contributed by atoms with E-state index in [0.29, 0.717) is 6.42 Å². The van der Waals surface area contributed by atoms with Crippen molar-refractivity contribution >= 4 is 28.6 Å². The number of carbonyl (C=O) groups is 1. The predicted octanol–water partition coefficient (Wildman–Crippen LogP) is 2.58. The van der Waals surface area contributed by atoms with Gasteiger partial charge in [0.25, 0.3) is 0 Å². The maximum absolute atomic E-state index is 10.0. The van der Waals surface area contributed by atoms with Crippen molar-refractivity contribution in [3.8, 4) is 0 Å². The summed E-state index contributed by atoms with van der Waals surface area (Å²) in [4.78, 5) is 10.0. The van der Waals surface area contributed by atoms with Gasteiger partial charge in [-0.25, -0.2) is 0 Å². The van der Waals surface area contributed by atoms with E-state index in [9.17, 15) is 4.79 Å². The molecule has 0 atom stereocenters. The van der Waals surface area contributed by atoms with Crippen LogP contribution in [-0.2, 0) is 4.79 Å². The van der Waals surface area contributed by atoms with Crippen LogP contribution in [-0.4, -0.2) is 11.1 Å². The largest absolute Gasteiger partial charge is 0.481 e. The molecule has 0 heterocycles. The SMILES string of the molecule is O=C(O)CCCC/C=C/I. The Morgan fingerprint density at radius 3 is 2.70 bits per heavy atom. The van der Waals surface area contributed by atoms with Gasteiger partial charge in [-0.2, -0.15) is 0 Å². The second-order valence-electron chi connectivity index (χ2n) is 2.00. The molecular weight excluding hydrogens is 243 g/mol. The van der Waals surface area contributed by atoms with Crippen molar-refractivity contribution in [1.29, 1.82) is 0 Å². The first kappa shape index (κ1) is 9.94. The maximum atomic E-state index is 10.0. The zero-order valence-electron chi connectivity index (χ0n) is 5.72. The third kappa shape index (κ3) is 7.94. The van der Waals surface area contributed by atoms with Crippen molar-refractivity contribution in [2.24, 2.45) is 0 Å². The van der Waals surface area contributed by atoms with Gasteiger partial charge >= 0.3 is 5.97 Å². The maximum Gasteiger partial charge on any atom is 0.303 e. The second kappa shape index (κ2) is 7.05. The van der Waals surface area contributed by atoms with Crippen molar-refractivity contribution in [3.05, 3.63) is 10.2 Å². The Hall–Kier alpha value is -0.0600. The van der Waals surface area contributed by atoms with Crippen LogP contribution in [0, 0.1) is 0 Å². The Morgan fingerprint density at radius 1 is 1.50 bits per heavy atom. The highest BCUT2D eigenvalue weighted by Crippen LogP contribution is 2.01. The number of hydrogen-bond acceptors (Lipinski definition) is 1. The Kier molecular flexibility index (Phi) is 7.01. The van der Waals surface area contributed by atoms with Crippen LogP contribution in [0.4, 0.5) is 0 Å². The highest BCUT2D eigenvalue weighted by atomic mass is 127. The van der Waals surface area contributed by atoms with Crippen LogP contribution in [0.25, 0.3) is 0 Å². The molecule has 0 aromatic carbocycles. The van der Waals surface area contributed by atoms with Gasteiger partial charge in [-0.15, -0.1) is 0 Å². The van der Waals surface area contributed by atoms with E-state index in [0.717, 1.165) is 19.3 Å². The van der Waals surface area contributed by atoms with Crippen molar-refractivity contribution in [3.63, 3.8) is 0 Å². The molecule has 0 bridgehead atoms. The normalized spacial score (nSPS) is 10.5. The number of carboxylic acids is 1. The van der Waals surface area contributed by atoms with Crippen LogP contribution in [0.2, 0.25) is 0 Å². The van der Waals surface area contributed by atoms with Gasteiger partial charge in [0.15, 0.2) is 0 Å². The van der Waals surface area contributed by atoms with Crippen LogP contribution < -0.4 is 0 Å². The van der Waals surface area contributed by atoms with Crippen LogP contribution in [0.3, 0.4) is 0 Å².